The van der Waals surface area contributed by atoms with E-state index < -0.39 is 0 Å². The first-order chi connectivity index (χ1) is 10.7. The van der Waals surface area contributed by atoms with Gasteiger partial charge in [0, 0.05) is 45.6 Å². The van der Waals surface area contributed by atoms with E-state index in [2.05, 4.69) is 14.5 Å². The Morgan fingerprint density at radius 3 is 2.68 bits per heavy atom. The molecule has 116 valence electrons. The zero-order chi connectivity index (χ0) is 15.1. The first-order valence-electron chi connectivity index (χ1n) is 7.72. The topological polar surface area (TPSA) is 54.5 Å². The number of aryl methyl sites for hydroxylation is 1. The molecular weight excluding hydrogens is 280 g/mol. The molecule has 2 aromatic rings. The van der Waals surface area contributed by atoms with Crippen LogP contribution in [-0.2, 0) is 13.6 Å². The molecule has 0 radical (unpaired) electrons. The van der Waals surface area contributed by atoms with E-state index in [0.29, 0.717) is 17.6 Å². The normalized spacial score (nSPS) is 24.9. The van der Waals surface area contributed by atoms with Crippen LogP contribution in [0.5, 0.6) is 0 Å². The number of fused-ring (bicyclic) bond motifs is 1. The second kappa shape index (κ2) is 5.28. The molecule has 4 heterocycles. The van der Waals surface area contributed by atoms with Crippen molar-refractivity contribution in [1.82, 2.24) is 19.4 Å². The highest BCUT2D eigenvalue weighted by Gasteiger charge is 2.42. The molecule has 6 heteroatoms. The lowest BCUT2D eigenvalue weighted by Gasteiger charge is -2.20. The lowest BCUT2D eigenvalue weighted by Crippen LogP contribution is -2.33. The van der Waals surface area contributed by atoms with Crippen LogP contribution in [0.4, 0.5) is 0 Å². The molecule has 0 spiro atoms. The number of aromatic nitrogens is 2. The van der Waals surface area contributed by atoms with Gasteiger partial charge in [-0.15, -0.1) is 0 Å². The Hall–Kier alpha value is -2.08. The number of hydrogen-bond donors (Lipinski definition) is 0. The van der Waals surface area contributed by atoms with Gasteiger partial charge in [0.25, 0.3) is 5.91 Å². The van der Waals surface area contributed by atoms with E-state index in [4.69, 9.17) is 4.42 Å². The van der Waals surface area contributed by atoms with Gasteiger partial charge in [0.2, 0.25) is 0 Å². The highest BCUT2D eigenvalue weighted by molar-refractivity contribution is 5.91. The molecule has 0 saturated carbocycles. The Morgan fingerprint density at radius 2 is 2.09 bits per heavy atom. The fraction of sp³-hybridized carbons (Fsp3) is 0.500. The summed E-state index contributed by atoms with van der Waals surface area (Å²) in [5, 5.41) is 0. The fourth-order valence-corrected chi connectivity index (χ4v) is 3.69. The van der Waals surface area contributed by atoms with Crippen LogP contribution >= 0.6 is 0 Å². The summed E-state index contributed by atoms with van der Waals surface area (Å²) >= 11 is 0. The standard InChI is InChI=1S/C16H20N4O2/c1-18-5-4-17-15(18)11-19-7-12-9-20(10-13(12)8-19)16(21)14-3-2-6-22-14/h2-6,12-13H,7-11H2,1H3/t12-,13+. The molecule has 4 rings (SSSR count). The Kier molecular flexibility index (Phi) is 3.26. The molecule has 0 N–H and O–H groups in total. The minimum absolute atomic E-state index is 0.0232. The van der Waals surface area contributed by atoms with E-state index in [-0.39, 0.29) is 5.91 Å². The molecule has 0 aromatic carbocycles. The molecule has 2 atom stereocenters. The smallest absolute Gasteiger partial charge is 0.289 e. The summed E-state index contributed by atoms with van der Waals surface area (Å²) in [6, 6.07) is 3.50. The maximum atomic E-state index is 12.3. The van der Waals surface area contributed by atoms with Crippen LogP contribution in [0.25, 0.3) is 0 Å². The Bertz CT molecular complexity index is 650. The van der Waals surface area contributed by atoms with Crippen molar-refractivity contribution in [2.45, 2.75) is 6.54 Å². The van der Waals surface area contributed by atoms with Crippen LogP contribution in [-0.4, -0.2) is 51.4 Å². The van der Waals surface area contributed by atoms with Crippen molar-refractivity contribution >= 4 is 5.91 Å². The summed E-state index contributed by atoms with van der Waals surface area (Å²) < 4.78 is 7.29. The molecule has 2 saturated heterocycles. The van der Waals surface area contributed by atoms with Gasteiger partial charge >= 0.3 is 0 Å². The minimum atomic E-state index is 0.0232. The number of rotatable bonds is 3. The zero-order valence-electron chi connectivity index (χ0n) is 12.7. The van der Waals surface area contributed by atoms with Crippen molar-refractivity contribution < 1.29 is 9.21 Å². The molecule has 1 amide bonds. The molecule has 0 aliphatic carbocycles. The van der Waals surface area contributed by atoms with E-state index >= 15 is 0 Å². The average Bonchev–Trinajstić information content (AvgIpc) is 3.23. The van der Waals surface area contributed by atoms with E-state index in [1.165, 1.54) is 0 Å². The van der Waals surface area contributed by atoms with Crippen molar-refractivity contribution in [2.75, 3.05) is 26.2 Å². The molecule has 22 heavy (non-hydrogen) atoms. The van der Waals surface area contributed by atoms with Gasteiger partial charge in [-0.05, 0) is 24.0 Å². The summed E-state index contributed by atoms with van der Waals surface area (Å²) in [7, 11) is 2.03. The fourth-order valence-electron chi connectivity index (χ4n) is 3.69. The maximum Gasteiger partial charge on any atom is 0.289 e. The molecule has 2 aliphatic heterocycles. The molecule has 2 fully saturated rings. The predicted molar refractivity (Wildman–Crippen MR) is 80.1 cm³/mol. The van der Waals surface area contributed by atoms with Crippen LogP contribution in [0.3, 0.4) is 0 Å². The predicted octanol–water partition coefficient (Wildman–Crippen LogP) is 1.22. The Morgan fingerprint density at radius 1 is 1.32 bits per heavy atom. The highest BCUT2D eigenvalue weighted by atomic mass is 16.3. The van der Waals surface area contributed by atoms with Crippen LogP contribution in [0, 0.1) is 11.8 Å². The van der Waals surface area contributed by atoms with Crippen molar-refractivity contribution in [3.63, 3.8) is 0 Å². The first-order valence-corrected chi connectivity index (χ1v) is 7.72. The van der Waals surface area contributed by atoms with Crippen LogP contribution in [0.1, 0.15) is 16.4 Å². The lowest BCUT2D eigenvalue weighted by atomic mass is 10.0. The lowest BCUT2D eigenvalue weighted by molar-refractivity contribution is 0.0741. The zero-order valence-corrected chi connectivity index (χ0v) is 12.7. The van der Waals surface area contributed by atoms with Gasteiger partial charge in [-0.1, -0.05) is 0 Å². The molecular formula is C16H20N4O2. The summed E-state index contributed by atoms with van der Waals surface area (Å²) in [5.41, 5.74) is 0. The number of imidazole rings is 1. The summed E-state index contributed by atoms with van der Waals surface area (Å²) in [6.45, 7) is 4.64. The third-order valence-electron chi connectivity index (χ3n) is 4.87. The van der Waals surface area contributed by atoms with Crippen molar-refractivity contribution in [2.24, 2.45) is 18.9 Å². The van der Waals surface area contributed by atoms with Gasteiger partial charge in [-0.25, -0.2) is 4.98 Å². The number of hydrogen-bond acceptors (Lipinski definition) is 4. The number of nitrogens with zero attached hydrogens (tertiary/aromatic N) is 4. The third-order valence-corrected chi connectivity index (χ3v) is 4.87. The number of carbonyl (C=O) groups excluding carboxylic acids is 1. The highest BCUT2D eigenvalue weighted by Crippen LogP contribution is 2.32. The van der Waals surface area contributed by atoms with Crippen LogP contribution in [0.2, 0.25) is 0 Å². The van der Waals surface area contributed by atoms with E-state index in [1.807, 2.05) is 24.3 Å². The average molecular weight is 300 g/mol. The maximum absolute atomic E-state index is 12.3. The van der Waals surface area contributed by atoms with Crippen molar-refractivity contribution in [1.29, 1.82) is 0 Å². The quantitative estimate of drug-likeness (QED) is 0.855. The van der Waals surface area contributed by atoms with Crippen LogP contribution in [0.15, 0.2) is 35.2 Å². The van der Waals surface area contributed by atoms with Crippen molar-refractivity contribution in [3.05, 3.63) is 42.4 Å². The van der Waals surface area contributed by atoms with Crippen molar-refractivity contribution in [3.8, 4) is 0 Å². The van der Waals surface area contributed by atoms with Gasteiger partial charge < -0.3 is 13.9 Å². The van der Waals surface area contributed by atoms with Crippen LogP contribution < -0.4 is 0 Å². The van der Waals surface area contributed by atoms with Gasteiger partial charge in [0.05, 0.1) is 12.8 Å². The number of likely N-dealkylation sites (tertiary alicyclic amines) is 2. The number of furan rings is 1. The largest absolute Gasteiger partial charge is 0.459 e. The minimum Gasteiger partial charge on any atom is -0.459 e. The Labute approximate surface area is 129 Å². The first kappa shape index (κ1) is 13.6. The van der Waals surface area contributed by atoms with Gasteiger partial charge in [0.15, 0.2) is 5.76 Å². The summed E-state index contributed by atoms with van der Waals surface area (Å²) in [6.07, 6.45) is 5.38. The third kappa shape index (κ3) is 2.33. The molecule has 0 unspecified atom stereocenters. The molecule has 6 nitrogen and oxygen atoms in total. The van der Waals surface area contributed by atoms with E-state index in [0.717, 1.165) is 38.5 Å². The monoisotopic (exact) mass is 300 g/mol. The Balaban J connectivity index is 1.36. The molecule has 2 aliphatic rings. The second-order valence-electron chi connectivity index (χ2n) is 6.36. The number of carbonyl (C=O) groups is 1. The van der Waals surface area contributed by atoms with E-state index in [9.17, 15) is 4.79 Å². The SMILES string of the molecule is Cn1ccnc1CN1C[C@@H]2CN(C(=O)c3ccco3)C[C@@H]2C1. The second-order valence-corrected chi connectivity index (χ2v) is 6.36. The van der Waals surface area contributed by atoms with Gasteiger partial charge in [-0.2, -0.15) is 0 Å². The van der Waals surface area contributed by atoms with Gasteiger partial charge in [-0.3, -0.25) is 9.69 Å². The molecule has 2 aromatic heterocycles. The summed E-state index contributed by atoms with van der Waals surface area (Å²) in [5.74, 6) is 2.71. The molecule has 0 bridgehead atoms. The van der Waals surface area contributed by atoms with Gasteiger partial charge in [0.1, 0.15) is 5.82 Å². The number of amides is 1. The van der Waals surface area contributed by atoms with E-state index in [1.54, 1.807) is 18.4 Å². The summed E-state index contributed by atoms with van der Waals surface area (Å²) in [4.78, 5) is 21.1.